The Kier molecular flexibility index (Phi) is 4.47. The van der Waals surface area contributed by atoms with Gasteiger partial charge < -0.3 is 9.80 Å². The second kappa shape index (κ2) is 6.36. The molecule has 0 spiro atoms. The van der Waals surface area contributed by atoms with Crippen LogP contribution in [0.5, 0.6) is 0 Å². The van der Waals surface area contributed by atoms with Crippen molar-refractivity contribution in [2.24, 2.45) is 11.8 Å². The van der Waals surface area contributed by atoms with Gasteiger partial charge in [-0.15, -0.1) is 11.3 Å². The first-order valence-corrected chi connectivity index (χ1v) is 8.89. The molecule has 1 aliphatic carbocycles. The van der Waals surface area contributed by atoms with Gasteiger partial charge >= 0.3 is 0 Å². The third-order valence-corrected chi connectivity index (χ3v) is 5.82. The van der Waals surface area contributed by atoms with E-state index in [4.69, 9.17) is 0 Å². The topological polar surface area (TPSA) is 53.5 Å². The number of amides is 2. The second-order valence-corrected chi connectivity index (χ2v) is 7.32. The normalized spacial score (nSPS) is 20.7. The second-order valence-electron chi connectivity index (χ2n) is 6.40. The van der Waals surface area contributed by atoms with Crippen molar-refractivity contribution in [2.75, 3.05) is 20.1 Å². The Morgan fingerprint density at radius 2 is 1.95 bits per heavy atom. The molecule has 1 aromatic heterocycles. The lowest BCUT2D eigenvalue weighted by atomic mass is 9.94. The monoisotopic (exact) mass is 321 g/mol. The van der Waals surface area contributed by atoms with Crippen molar-refractivity contribution < 1.29 is 9.59 Å². The molecular weight excluding hydrogens is 298 g/mol. The minimum Gasteiger partial charge on any atom is -0.342 e. The molecule has 6 heteroatoms. The van der Waals surface area contributed by atoms with Gasteiger partial charge in [-0.25, -0.2) is 0 Å². The first-order chi connectivity index (χ1) is 10.6. The van der Waals surface area contributed by atoms with E-state index in [1.807, 2.05) is 30.0 Å². The van der Waals surface area contributed by atoms with Gasteiger partial charge in [-0.3, -0.25) is 14.6 Å². The summed E-state index contributed by atoms with van der Waals surface area (Å²) in [6.45, 7) is 3.50. The van der Waals surface area contributed by atoms with Gasteiger partial charge in [-0.1, -0.05) is 0 Å². The number of piperidine rings is 1. The van der Waals surface area contributed by atoms with Gasteiger partial charge in [0.25, 0.3) is 0 Å². The minimum atomic E-state index is 0.0450. The van der Waals surface area contributed by atoms with E-state index in [2.05, 4.69) is 4.98 Å². The highest BCUT2D eigenvalue weighted by Crippen LogP contribution is 2.33. The van der Waals surface area contributed by atoms with Crippen molar-refractivity contribution in [3.8, 4) is 0 Å². The summed E-state index contributed by atoms with van der Waals surface area (Å²) in [6, 6.07) is 0.0612. The van der Waals surface area contributed by atoms with Crippen LogP contribution in [0.25, 0.3) is 0 Å². The van der Waals surface area contributed by atoms with Crippen molar-refractivity contribution in [1.82, 2.24) is 14.8 Å². The number of carbonyl (C=O) groups excluding carboxylic acids is 2. The van der Waals surface area contributed by atoms with E-state index in [0.29, 0.717) is 5.91 Å². The maximum Gasteiger partial charge on any atom is 0.226 e. The van der Waals surface area contributed by atoms with E-state index in [1.54, 1.807) is 16.8 Å². The highest BCUT2D eigenvalue weighted by Gasteiger charge is 2.36. The number of rotatable bonds is 4. The molecule has 1 aliphatic heterocycles. The van der Waals surface area contributed by atoms with Crippen molar-refractivity contribution in [3.05, 3.63) is 16.6 Å². The molecule has 3 rings (SSSR count). The molecule has 5 nitrogen and oxygen atoms in total. The quantitative estimate of drug-likeness (QED) is 0.855. The molecule has 2 amide bonds. The summed E-state index contributed by atoms with van der Waals surface area (Å²) in [5, 5.41) is 0. The maximum atomic E-state index is 12.7. The van der Waals surface area contributed by atoms with Crippen LogP contribution in [0.2, 0.25) is 0 Å². The molecule has 1 atom stereocenters. The van der Waals surface area contributed by atoms with E-state index < -0.39 is 0 Å². The van der Waals surface area contributed by atoms with Gasteiger partial charge in [0.1, 0.15) is 0 Å². The molecule has 0 radical (unpaired) electrons. The van der Waals surface area contributed by atoms with Gasteiger partial charge in [0, 0.05) is 43.0 Å². The fraction of sp³-hybridized carbons (Fsp3) is 0.688. The van der Waals surface area contributed by atoms with Crippen molar-refractivity contribution >= 4 is 23.2 Å². The van der Waals surface area contributed by atoms with E-state index in [-0.39, 0.29) is 23.8 Å². The summed E-state index contributed by atoms with van der Waals surface area (Å²) < 4.78 is 0. The summed E-state index contributed by atoms with van der Waals surface area (Å²) in [5.41, 5.74) is 1.80. The first kappa shape index (κ1) is 15.5. The fourth-order valence-electron chi connectivity index (χ4n) is 3.04. The van der Waals surface area contributed by atoms with Crippen molar-refractivity contribution in [1.29, 1.82) is 0 Å². The Morgan fingerprint density at radius 1 is 1.27 bits per heavy atom. The van der Waals surface area contributed by atoms with Gasteiger partial charge in [-0.2, -0.15) is 0 Å². The predicted octanol–water partition coefficient (Wildman–Crippen LogP) is 2.31. The summed E-state index contributed by atoms with van der Waals surface area (Å²) in [6.07, 6.45) is 5.50. The Morgan fingerprint density at radius 3 is 2.50 bits per heavy atom. The average Bonchev–Trinajstić information content (AvgIpc) is 3.26. The summed E-state index contributed by atoms with van der Waals surface area (Å²) in [7, 11) is 1.87. The highest BCUT2D eigenvalue weighted by molar-refractivity contribution is 7.09. The lowest BCUT2D eigenvalue weighted by Crippen LogP contribution is -2.44. The van der Waals surface area contributed by atoms with Crippen LogP contribution in [0, 0.1) is 11.8 Å². The Labute approximate surface area is 135 Å². The van der Waals surface area contributed by atoms with Crippen LogP contribution in [-0.2, 0) is 9.59 Å². The molecule has 0 N–H and O–H groups in total. The fourth-order valence-corrected chi connectivity index (χ4v) is 3.76. The van der Waals surface area contributed by atoms with Crippen LogP contribution in [0.1, 0.15) is 43.5 Å². The Hall–Kier alpha value is -1.43. The molecule has 0 unspecified atom stereocenters. The van der Waals surface area contributed by atoms with Gasteiger partial charge in [0.15, 0.2) is 0 Å². The van der Waals surface area contributed by atoms with Crippen LogP contribution < -0.4 is 0 Å². The lowest BCUT2D eigenvalue weighted by Gasteiger charge is -2.34. The zero-order chi connectivity index (χ0) is 15.7. The Balaban J connectivity index is 1.53. The van der Waals surface area contributed by atoms with E-state index in [9.17, 15) is 9.59 Å². The number of likely N-dealkylation sites (tertiary alicyclic amines) is 1. The average molecular weight is 321 g/mol. The van der Waals surface area contributed by atoms with E-state index in [0.717, 1.165) is 43.6 Å². The molecule has 1 aromatic rings. The number of hydrogen-bond acceptors (Lipinski definition) is 4. The summed E-state index contributed by atoms with van der Waals surface area (Å²) >= 11 is 1.58. The van der Waals surface area contributed by atoms with Gasteiger partial charge in [0.2, 0.25) is 11.8 Å². The first-order valence-electron chi connectivity index (χ1n) is 8.01. The van der Waals surface area contributed by atoms with Crippen LogP contribution in [-0.4, -0.2) is 46.7 Å². The Bertz CT molecular complexity index is 534. The van der Waals surface area contributed by atoms with E-state index in [1.165, 1.54) is 0 Å². The number of nitrogens with zero attached hydrogens (tertiary/aromatic N) is 3. The van der Waals surface area contributed by atoms with Gasteiger partial charge in [0.05, 0.1) is 11.6 Å². The molecule has 22 heavy (non-hydrogen) atoms. The zero-order valence-corrected chi connectivity index (χ0v) is 14.0. The standard InChI is InChI=1S/C16H23N3O2S/c1-11(14-9-17-10-22-14)18(2)15(20)13-5-7-19(8-6-13)16(21)12-3-4-12/h9-13H,3-8H2,1-2H3/t11-/m1/s1. The van der Waals surface area contributed by atoms with E-state index >= 15 is 0 Å². The molecule has 2 aliphatic rings. The molecule has 0 aromatic carbocycles. The molecular formula is C16H23N3O2S. The molecule has 2 fully saturated rings. The molecule has 2 heterocycles. The largest absolute Gasteiger partial charge is 0.342 e. The summed E-state index contributed by atoms with van der Waals surface area (Å²) in [4.78, 5) is 33.7. The number of aromatic nitrogens is 1. The molecule has 120 valence electrons. The smallest absolute Gasteiger partial charge is 0.226 e. The third kappa shape index (κ3) is 3.16. The molecule has 0 bridgehead atoms. The number of hydrogen-bond donors (Lipinski definition) is 0. The zero-order valence-electron chi connectivity index (χ0n) is 13.2. The van der Waals surface area contributed by atoms with Crippen LogP contribution in [0.4, 0.5) is 0 Å². The maximum absolute atomic E-state index is 12.7. The van der Waals surface area contributed by atoms with Crippen LogP contribution >= 0.6 is 11.3 Å². The lowest BCUT2D eigenvalue weighted by molar-refractivity contribution is -0.141. The minimum absolute atomic E-state index is 0.0450. The van der Waals surface area contributed by atoms with Crippen molar-refractivity contribution in [2.45, 2.75) is 38.6 Å². The van der Waals surface area contributed by atoms with Gasteiger partial charge in [-0.05, 0) is 32.6 Å². The number of carbonyl (C=O) groups is 2. The molecule has 1 saturated heterocycles. The third-order valence-electron chi connectivity index (χ3n) is 4.87. The SMILES string of the molecule is C[C@H](c1cncs1)N(C)C(=O)C1CCN(C(=O)C2CC2)CC1. The highest BCUT2D eigenvalue weighted by atomic mass is 32.1. The summed E-state index contributed by atoms with van der Waals surface area (Å²) in [5.74, 6) is 0.821. The number of thiazole rings is 1. The van der Waals surface area contributed by atoms with Crippen LogP contribution in [0.15, 0.2) is 11.7 Å². The van der Waals surface area contributed by atoms with Crippen molar-refractivity contribution in [3.63, 3.8) is 0 Å². The van der Waals surface area contributed by atoms with Crippen LogP contribution in [0.3, 0.4) is 0 Å². The molecule has 1 saturated carbocycles. The predicted molar refractivity (Wildman–Crippen MR) is 85.3 cm³/mol.